The highest BCUT2D eigenvalue weighted by molar-refractivity contribution is 9.09. The number of hydrogen-bond acceptors (Lipinski definition) is 0. The minimum absolute atomic E-state index is 0.423. The zero-order chi connectivity index (χ0) is 18.1. The molecule has 0 aliphatic rings. The van der Waals surface area contributed by atoms with Crippen molar-refractivity contribution in [2.75, 3.05) is 0 Å². The van der Waals surface area contributed by atoms with Crippen LogP contribution in [0.2, 0.25) is 0 Å². The normalized spacial score (nSPS) is 15.2. The third kappa shape index (κ3) is 4.45. The van der Waals surface area contributed by atoms with Crippen molar-refractivity contribution in [3.8, 4) is 0 Å². The van der Waals surface area contributed by atoms with Crippen LogP contribution in [0.25, 0.3) is 0 Å². The van der Waals surface area contributed by atoms with Gasteiger partial charge in [-0.3, -0.25) is 0 Å². The van der Waals surface area contributed by atoms with E-state index in [0.29, 0.717) is 11.1 Å². The molecule has 2 rings (SSSR count). The summed E-state index contributed by atoms with van der Waals surface area (Å²) in [6, 6.07) is 8.75. The average Bonchev–Trinajstić information content (AvgIpc) is 2.52. The maximum Gasteiger partial charge on any atom is 0.416 e. The highest BCUT2D eigenvalue weighted by Crippen LogP contribution is 2.42. The van der Waals surface area contributed by atoms with Crippen LogP contribution < -0.4 is 0 Å². The standard InChI is InChI=1S/C16H10BrClF6/c17-13(9-1-5-11(6-2-9)15(19,20)21)14(18)10-3-7-12(8-4-10)16(22,23)24/h1-8,13-14H/t13-,14+/m0/s1. The molecule has 0 N–H and O–H groups in total. The number of benzene rings is 2. The highest BCUT2D eigenvalue weighted by Gasteiger charge is 2.32. The molecular weight excluding hydrogens is 422 g/mol. The number of halogens is 8. The van der Waals surface area contributed by atoms with E-state index in [1.54, 1.807) is 0 Å². The molecule has 8 heteroatoms. The maximum absolute atomic E-state index is 12.5. The SMILES string of the molecule is FC(F)(F)c1ccc([C@@H](Cl)[C@@H](Br)c2ccc(C(F)(F)F)cc2)cc1. The van der Waals surface area contributed by atoms with Gasteiger partial charge in [-0.1, -0.05) is 40.2 Å². The third-order valence-electron chi connectivity index (χ3n) is 3.37. The second-order valence-corrected chi connectivity index (χ2v) is 6.50. The van der Waals surface area contributed by atoms with Crippen molar-refractivity contribution in [1.82, 2.24) is 0 Å². The van der Waals surface area contributed by atoms with Crippen LogP contribution in [-0.2, 0) is 12.4 Å². The molecule has 2 aromatic rings. The Morgan fingerprint density at radius 1 is 0.667 bits per heavy atom. The van der Waals surface area contributed by atoms with E-state index in [1.165, 1.54) is 24.3 Å². The van der Waals surface area contributed by atoms with Crippen molar-refractivity contribution < 1.29 is 26.3 Å². The summed E-state index contributed by atoms with van der Waals surface area (Å²) in [5, 5.41) is -0.746. The highest BCUT2D eigenvalue weighted by atomic mass is 79.9. The molecule has 130 valence electrons. The molecule has 0 radical (unpaired) electrons. The smallest absolute Gasteiger partial charge is 0.166 e. The molecule has 0 fully saturated rings. The molecule has 0 heterocycles. The van der Waals surface area contributed by atoms with Gasteiger partial charge in [0.2, 0.25) is 0 Å². The molecule has 0 aliphatic heterocycles. The average molecular weight is 432 g/mol. The predicted octanol–water partition coefficient (Wildman–Crippen LogP) is 7.14. The quantitative estimate of drug-likeness (QED) is 0.358. The van der Waals surface area contributed by atoms with Crippen molar-refractivity contribution in [1.29, 1.82) is 0 Å². The van der Waals surface area contributed by atoms with E-state index in [2.05, 4.69) is 15.9 Å². The molecule has 0 aliphatic carbocycles. The Hall–Kier alpha value is -1.21. The van der Waals surface area contributed by atoms with E-state index in [1.807, 2.05) is 0 Å². The maximum atomic E-state index is 12.5. The molecule has 0 unspecified atom stereocenters. The number of rotatable bonds is 3. The van der Waals surface area contributed by atoms with Gasteiger partial charge in [0.1, 0.15) is 0 Å². The van der Waals surface area contributed by atoms with Gasteiger partial charge < -0.3 is 0 Å². The second kappa shape index (κ2) is 6.96. The lowest BCUT2D eigenvalue weighted by Crippen LogP contribution is -2.07. The summed E-state index contributed by atoms with van der Waals surface area (Å²) in [7, 11) is 0. The summed E-state index contributed by atoms with van der Waals surface area (Å²) in [6.07, 6.45) is -8.88. The molecule has 0 aromatic heterocycles. The van der Waals surface area contributed by atoms with Gasteiger partial charge in [-0.15, -0.1) is 11.6 Å². The van der Waals surface area contributed by atoms with Crippen LogP contribution in [0, 0.1) is 0 Å². The van der Waals surface area contributed by atoms with E-state index in [9.17, 15) is 26.3 Å². The minimum Gasteiger partial charge on any atom is -0.166 e. The second-order valence-electron chi connectivity index (χ2n) is 5.04. The van der Waals surface area contributed by atoms with Gasteiger partial charge in [0.15, 0.2) is 0 Å². The molecule has 0 amide bonds. The summed E-state index contributed by atoms with van der Waals surface area (Å²) in [6.45, 7) is 0. The van der Waals surface area contributed by atoms with Crippen molar-refractivity contribution in [3.05, 3.63) is 70.8 Å². The molecule has 0 spiro atoms. The van der Waals surface area contributed by atoms with Crippen LogP contribution >= 0.6 is 27.5 Å². The molecular formula is C16H10BrClF6. The van der Waals surface area contributed by atoms with Crippen LogP contribution in [0.1, 0.15) is 32.5 Å². The van der Waals surface area contributed by atoms with Crippen LogP contribution in [0.5, 0.6) is 0 Å². The Morgan fingerprint density at radius 2 is 1.00 bits per heavy atom. The zero-order valence-corrected chi connectivity index (χ0v) is 14.1. The van der Waals surface area contributed by atoms with Crippen LogP contribution in [0.15, 0.2) is 48.5 Å². The summed E-state index contributed by atoms with van der Waals surface area (Å²) in [5.41, 5.74) is -0.670. The summed E-state index contributed by atoms with van der Waals surface area (Å²) in [5.74, 6) is 0. The molecule has 0 saturated carbocycles. The fourth-order valence-corrected chi connectivity index (χ4v) is 2.95. The van der Waals surface area contributed by atoms with E-state index in [4.69, 9.17) is 11.6 Å². The topological polar surface area (TPSA) is 0 Å². The molecule has 0 saturated heterocycles. The first kappa shape index (κ1) is 19.1. The Morgan fingerprint density at radius 3 is 1.33 bits per heavy atom. The lowest BCUT2D eigenvalue weighted by molar-refractivity contribution is -0.138. The fraction of sp³-hybridized carbons (Fsp3) is 0.250. The Bertz CT molecular complexity index is 614. The number of hydrogen-bond donors (Lipinski definition) is 0. The van der Waals surface area contributed by atoms with Gasteiger partial charge in [0.25, 0.3) is 0 Å². The third-order valence-corrected chi connectivity index (χ3v) is 5.24. The molecule has 24 heavy (non-hydrogen) atoms. The van der Waals surface area contributed by atoms with Crippen molar-refractivity contribution in [2.45, 2.75) is 22.6 Å². The lowest BCUT2D eigenvalue weighted by Gasteiger charge is -2.18. The van der Waals surface area contributed by atoms with E-state index in [-0.39, 0.29) is 0 Å². The minimum atomic E-state index is -4.44. The largest absolute Gasteiger partial charge is 0.416 e. The van der Waals surface area contributed by atoms with Crippen molar-refractivity contribution >= 4 is 27.5 Å². The van der Waals surface area contributed by atoms with Gasteiger partial charge >= 0.3 is 12.4 Å². The van der Waals surface area contributed by atoms with Crippen molar-refractivity contribution in [3.63, 3.8) is 0 Å². The summed E-state index contributed by atoms with van der Waals surface area (Å²) in [4.78, 5) is -0.557. The first-order chi connectivity index (χ1) is 11.0. The van der Waals surface area contributed by atoms with Crippen LogP contribution in [-0.4, -0.2) is 0 Å². The monoisotopic (exact) mass is 430 g/mol. The first-order valence-corrected chi connectivity index (χ1v) is 7.98. The summed E-state index contributed by atoms with van der Waals surface area (Å²) >= 11 is 9.52. The van der Waals surface area contributed by atoms with Crippen LogP contribution in [0.3, 0.4) is 0 Å². The molecule has 2 atom stereocenters. The zero-order valence-electron chi connectivity index (χ0n) is 11.8. The van der Waals surface area contributed by atoms with Crippen molar-refractivity contribution in [2.24, 2.45) is 0 Å². The van der Waals surface area contributed by atoms with Gasteiger partial charge in [-0.05, 0) is 35.4 Å². The van der Waals surface area contributed by atoms with Gasteiger partial charge in [0.05, 0.1) is 21.3 Å². The van der Waals surface area contributed by atoms with Gasteiger partial charge in [-0.2, -0.15) is 26.3 Å². The van der Waals surface area contributed by atoms with E-state index < -0.39 is 33.7 Å². The van der Waals surface area contributed by atoms with Gasteiger partial charge in [-0.25, -0.2) is 0 Å². The van der Waals surface area contributed by atoms with E-state index in [0.717, 1.165) is 24.3 Å². The van der Waals surface area contributed by atoms with Crippen LogP contribution in [0.4, 0.5) is 26.3 Å². The Balaban J connectivity index is 2.18. The first-order valence-electron chi connectivity index (χ1n) is 6.62. The van der Waals surface area contributed by atoms with Gasteiger partial charge in [0, 0.05) is 0 Å². The molecule has 0 bridgehead atoms. The van der Waals surface area contributed by atoms with E-state index >= 15 is 0 Å². The fourth-order valence-electron chi connectivity index (χ4n) is 2.05. The lowest BCUT2D eigenvalue weighted by atomic mass is 10.0. The molecule has 0 nitrogen and oxygen atoms in total. The Kier molecular flexibility index (Phi) is 5.54. The Labute approximate surface area is 147 Å². The molecule has 2 aromatic carbocycles. The summed E-state index contributed by atoms with van der Waals surface area (Å²) < 4.78 is 75.3. The predicted molar refractivity (Wildman–Crippen MR) is 83.2 cm³/mol. The number of alkyl halides is 8.